The van der Waals surface area contributed by atoms with E-state index in [2.05, 4.69) is 80.7 Å². The highest BCUT2D eigenvalue weighted by molar-refractivity contribution is 6.02. The van der Waals surface area contributed by atoms with Crippen LogP contribution in [-0.2, 0) is 17.7 Å². The van der Waals surface area contributed by atoms with Gasteiger partial charge < -0.3 is 14.4 Å². The van der Waals surface area contributed by atoms with Crippen LogP contribution in [0, 0.1) is 6.92 Å². The molecule has 0 unspecified atom stereocenters. The van der Waals surface area contributed by atoms with Crippen LogP contribution in [0.5, 0.6) is 5.75 Å². The molecule has 1 amide bonds. The fourth-order valence-electron chi connectivity index (χ4n) is 5.86. The predicted octanol–water partition coefficient (Wildman–Crippen LogP) is 8.30. The van der Waals surface area contributed by atoms with Gasteiger partial charge in [0, 0.05) is 24.7 Å². The Kier molecular flexibility index (Phi) is 8.72. The number of allylic oxidation sites excluding steroid dienone is 1. The quantitative estimate of drug-likeness (QED) is 0.216. The number of hydrogen-bond donors (Lipinski definition) is 0. The van der Waals surface area contributed by atoms with Crippen LogP contribution >= 0.6 is 0 Å². The van der Waals surface area contributed by atoms with Gasteiger partial charge in [-0.25, -0.2) is 4.79 Å². The van der Waals surface area contributed by atoms with E-state index in [9.17, 15) is 4.79 Å². The Hall–Kier alpha value is -4.06. The Labute approximate surface area is 249 Å². The molecule has 0 spiro atoms. The zero-order chi connectivity index (χ0) is 29.9. The number of hydrogen-bond acceptors (Lipinski definition) is 4. The van der Waals surface area contributed by atoms with Gasteiger partial charge in [-0.05, 0) is 117 Å². The molecule has 6 nitrogen and oxygen atoms in total. The van der Waals surface area contributed by atoms with E-state index in [1.807, 2.05) is 25.5 Å². The van der Waals surface area contributed by atoms with Gasteiger partial charge in [0.2, 0.25) is 0 Å². The largest absolute Gasteiger partial charge is 0.497 e. The van der Waals surface area contributed by atoms with E-state index >= 15 is 0 Å². The normalized spacial score (nSPS) is 13.6. The third-order valence-electron chi connectivity index (χ3n) is 7.81. The lowest BCUT2D eigenvalue weighted by Gasteiger charge is -2.27. The summed E-state index contributed by atoms with van der Waals surface area (Å²) in [5.74, 6) is 0.896. The van der Waals surface area contributed by atoms with Crippen molar-refractivity contribution in [3.63, 3.8) is 0 Å². The molecular formula is C36H43N3O3. The summed E-state index contributed by atoms with van der Waals surface area (Å²) in [6.07, 6.45) is 5.79. The number of nitrogens with zero attached hydrogens (tertiary/aromatic N) is 3. The van der Waals surface area contributed by atoms with Gasteiger partial charge in [0.1, 0.15) is 11.4 Å². The number of aromatic nitrogens is 2. The third kappa shape index (κ3) is 6.53. The molecular weight excluding hydrogens is 522 g/mol. The first-order valence-electron chi connectivity index (χ1n) is 15.1. The summed E-state index contributed by atoms with van der Waals surface area (Å²) in [5.41, 5.74) is 9.47. The van der Waals surface area contributed by atoms with Crippen molar-refractivity contribution in [2.24, 2.45) is 0 Å². The second-order valence-electron chi connectivity index (χ2n) is 12.2. The molecule has 0 bridgehead atoms. The van der Waals surface area contributed by atoms with Crippen molar-refractivity contribution in [1.29, 1.82) is 0 Å². The number of aryl methyl sites for hydroxylation is 2. The van der Waals surface area contributed by atoms with E-state index in [1.165, 1.54) is 39.0 Å². The zero-order valence-corrected chi connectivity index (χ0v) is 25.9. The summed E-state index contributed by atoms with van der Waals surface area (Å²) in [7, 11) is 1.73. The number of fused-ring (bicyclic) bond motifs is 2. The van der Waals surface area contributed by atoms with Crippen molar-refractivity contribution < 1.29 is 14.3 Å². The van der Waals surface area contributed by atoms with Crippen LogP contribution in [0.25, 0.3) is 22.0 Å². The van der Waals surface area contributed by atoms with Gasteiger partial charge in [0.05, 0.1) is 19.2 Å². The standard InChI is InChI=1S/C36H43N3O3/c1-7-19-38(35(40)42-36(3,4)5)20-21-39-24-28-22-27(15-18-33(28)37-39)34-31-17-16-29(41-6)23-26(31)12-10-14-32(34)30-13-9-8-11-25(30)2/h8-9,11,13,15-18,22-24H,7,10,12,14,19-21H2,1-6H3. The highest BCUT2D eigenvalue weighted by Crippen LogP contribution is 2.42. The average Bonchev–Trinajstić information content (AvgIpc) is 3.27. The lowest BCUT2D eigenvalue weighted by atomic mass is 9.86. The molecule has 3 aromatic carbocycles. The Morgan fingerprint density at radius 1 is 1.00 bits per heavy atom. The topological polar surface area (TPSA) is 56.6 Å². The smallest absolute Gasteiger partial charge is 0.410 e. The van der Waals surface area contributed by atoms with Gasteiger partial charge in [0.15, 0.2) is 0 Å². The Balaban J connectivity index is 1.52. The summed E-state index contributed by atoms with van der Waals surface area (Å²) in [4.78, 5) is 14.5. The van der Waals surface area contributed by atoms with Crippen LogP contribution in [0.1, 0.15) is 74.8 Å². The molecule has 42 heavy (non-hydrogen) atoms. The second-order valence-corrected chi connectivity index (χ2v) is 12.2. The van der Waals surface area contributed by atoms with E-state index in [1.54, 1.807) is 12.0 Å². The molecule has 1 aromatic heterocycles. The Morgan fingerprint density at radius 3 is 2.55 bits per heavy atom. The van der Waals surface area contributed by atoms with Crippen molar-refractivity contribution in [2.75, 3.05) is 20.2 Å². The van der Waals surface area contributed by atoms with E-state index < -0.39 is 5.60 Å². The second kappa shape index (κ2) is 12.4. The number of carbonyl (C=O) groups excluding carboxylic acids is 1. The maximum atomic E-state index is 12.8. The molecule has 220 valence electrons. The van der Waals surface area contributed by atoms with Crippen molar-refractivity contribution >= 4 is 28.1 Å². The number of benzene rings is 3. The van der Waals surface area contributed by atoms with E-state index in [0.29, 0.717) is 19.6 Å². The number of carbonyl (C=O) groups is 1. The van der Waals surface area contributed by atoms with Crippen molar-refractivity contribution in [1.82, 2.24) is 14.7 Å². The zero-order valence-electron chi connectivity index (χ0n) is 25.9. The van der Waals surface area contributed by atoms with Gasteiger partial charge >= 0.3 is 6.09 Å². The van der Waals surface area contributed by atoms with E-state index in [4.69, 9.17) is 14.6 Å². The molecule has 1 heterocycles. The summed E-state index contributed by atoms with van der Waals surface area (Å²) >= 11 is 0. The van der Waals surface area contributed by atoms with Crippen LogP contribution in [-0.4, -0.2) is 46.6 Å². The van der Waals surface area contributed by atoms with Gasteiger partial charge in [0.25, 0.3) is 0 Å². The molecule has 0 atom stereocenters. The first-order chi connectivity index (χ1) is 20.2. The monoisotopic (exact) mass is 565 g/mol. The van der Waals surface area contributed by atoms with Gasteiger partial charge in [-0.15, -0.1) is 0 Å². The molecule has 6 heteroatoms. The SMILES string of the molecule is CCCN(CCn1cc2cc(C3=C(c4ccccc4C)CCCc4cc(OC)ccc43)ccc2n1)C(=O)OC(C)(C)C. The maximum Gasteiger partial charge on any atom is 0.410 e. The summed E-state index contributed by atoms with van der Waals surface area (Å²) in [6.45, 7) is 11.8. The number of ether oxygens (including phenoxy) is 2. The highest BCUT2D eigenvalue weighted by Gasteiger charge is 2.23. The molecule has 0 radical (unpaired) electrons. The molecule has 1 aliphatic carbocycles. The molecule has 0 saturated carbocycles. The lowest BCUT2D eigenvalue weighted by Crippen LogP contribution is -2.39. The fraction of sp³-hybridized carbons (Fsp3) is 0.389. The number of amides is 1. The van der Waals surface area contributed by atoms with Crippen molar-refractivity contribution in [3.8, 4) is 5.75 Å². The third-order valence-corrected chi connectivity index (χ3v) is 7.81. The van der Waals surface area contributed by atoms with Gasteiger partial charge in [-0.3, -0.25) is 4.68 Å². The van der Waals surface area contributed by atoms with Crippen LogP contribution in [0.4, 0.5) is 4.79 Å². The van der Waals surface area contributed by atoms with Crippen LogP contribution in [0.3, 0.4) is 0 Å². The molecule has 5 rings (SSSR count). The highest BCUT2D eigenvalue weighted by atomic mass is 16.6. The number of methoxy groups -OCH3 is 1. The molecule has 0 aliphatic heterocycles. The summed E-state index contributed by atoms with van der Waals surface area (Å²) in [5, 5.41) is 5.93. The van der Waals surface area contributed by atoms with E-state index in [-0.39, 0.29) is 6.09 Å². The summed E-state index contributed by atoms with van der Waals surface area (Å²) < 4.78 is 13.2. The van der Waals surface area contributed by atoms with Crippen LogP contribution < -0.4 is 4.74 Å². The summed E-state index contributed by atoms with van der Waals surface area (Å²) in [6, 6.07) is 21.8. The minimum Gasteiger partial charge on any atom is -0.497 e. The molecule has 4 aromatic rings. The van der Waals surface area contributed by atoms with Gasteiger partial charge in [-0.2, -0.15) is 5.10 Å². The van der Waals surface area contributed by atoms with Gasteiger partial charge in [-0.1, -0.05) is 43.3 Å². The average molecular weight is 566 g/mol. The van der Waals surface area contributed by atoms with Crippen LogP contribution in [0.2, 0.25) is 0 Å². The molecule has 0 N–H and O–H groups in total. The predicted molar refractivity (Wildman–Crippen MR) is 171 cm³/mol. The van der Waals surface area contributed by atoms with Crippen molar-refractivity contribution in [2.45, 2.75) is 72.4 Å². The molecule has 0 saturated heterocycles. The van der Waals surface area contributed by atoms with E-state index in [0.717, 1.165) is 42.3 Å². The minimum absolute atomic E-state index is 0.275. The molecule has 1 aliphatic rings. The lowest BCUT2D eigenvalue weighted by molar-refractivity contribution is 0.0242. The van der Waals surface area contributed by atoms with Crippen LogP contribution in [0.15, 0.2) is 66.9 Å². The number of rotatable bonds is 8. The fourth-order valence-corrected chi connectivity index (χ4v) is 5.86. The first-order valence-corrected chi connectivity index (χ1v) is 15.1. The Bertz CT molecular complexity index is 1610. The first kappa shape index (κ1) is 29.4. The van der Waals surface area contributed by atoms with Crippen molar-refractivity contribution in [3.05, 3.63) is 94.7 Å². The molecule has 0 fully saturated rings. The maximum absolute atomic E-state index is 12.8. The Morgan fingerprint density at radius 2 is 1.81 bits per heavy atom. The minimum atomic E-state index is -0.520.